The van der Waals surface area contributed by atoms with Crippen LogP contribution in [0, 0.1) is 19.8 Å². The number of piperidine rings is 1. The summed E-state index contributed by atoms with van der Waals surface area (Å²) < 4.78 is 27.7. The molecule has 0 atom stereocenters. The summed E-state index contributed by atoms with van der Waals surface area (Å²) in [4.78, 5) is 15.2. The van der Waals surface area contributed by atoms with Gasteiger partial charge in [-0.05, 0) is 60.7 Å². The van der Waals surface area contributed by atoms with Crippen molar-refractivity contribution in [3.63, 3.8) is 0 Å². The molecule has 1 heterocycles. The van der Waals surface area contributed by atoms with E-state index < -0.39 is 10.0 Å². The second kappa shape index (κ2) is 9.04. The van der Waals surface area contributed by atoms with Crippen molar-refractivity contribution < 1.29 is 13.2 Å². The van der Waals surface area contributed by atoms with Gasteiger partial charge >= 0.3 is 0 Å². The molecule has 0 unspecified atom stereocenters. The van der Waals surface area contributed by atoms with Gasteiger partial charge in [0.2, 0.25) is 15.9 Å². The minimum atomic E-state index is -3.54. The van der Waals surface area contributed by atoms with Crippen LogP contribution >= 0.6 is 0 Å². The second-order valence-electron chi connectivity index (χ2n) is 8.82. The number of hydrogen-bond acceptors (Lipinski definition) is 3. The number of fused-ring (bicyclic) bond motifs is 1. The van der Waals surface area contributed by atoms with Crippen LogP contribution in [0.1, 0.15) is 29.5 Å². The molecule has 0 radical (unpaired) electrons. The first-order chi connectivity index (χ1) is 15.3. The lowest BCUT2D eigenvalue weighted by molar-refractivity contribution is -0.135. The number of carbonyl (C=O) groups is 1. The highest BCUT2D eigenvalue weighted by Crippen LogP contribution is 2.27. The van der Waals surface area contributed by atoms with Crippen LogP contribution in [0.25, 0.3) is 10.8 Å². The molecular weight excluding hydrogens is 420 g/mol. The van der Waals surface area contributed by atoms with Crippen molar-refractivity contribution in [2.24, 2.45) is 5.92 Å². The van der Waals surface area contributed by atoms with E-state index in [1.807, 2.05) is 45.2 Å². The molecule has 1 saturated heterocycles. The first kappa shape index (κ1) is 22.5. The fourth-order valence-corrected chi connectivity index (χ4v) is 6.25. The van der Waals surface area contributed by atoms with E-state index in [0.29, 0.717) is 37.4 Å². The van der Waals surface area contributed by atoms with Crippen molar-refractivity contribution in [1.29, 1.82) is 0 Å². The van der Waals surface area contributed by atoms with Crippen LogP contribution in [0.15, 0.2) is 65.6 Å². The van der Waals surface area contributed by atoms with Gasteiger partial charge in [-0.2, -0.15) is 4.31 Å². The summed E-state index contributed by atoms with van der Waals surface area (Å²) >= 11 is 0. The van der Waals surface area contributed by atoms with Crippen LogP contribution in [-0.2, 0) is 21.4 Å². The lowest BCUT2D eigenvalue weighted by atomic mass is 9.96. The molecule has 1 aliphatic heterocycles. The number of benzene rings is 3. The van der Waals surface area contributed by atoms with E-state index in [2.05, 4.69) is 30.3 Å². The fraction of sp³-hybridized carbons (Fsp3) is 0.346. The van der Waals surface area contributed by atoms with Crippen LogP contribution in [0.4, 0.5) is 0 Å². The number of sulfonamides is 1. The number of amides is 1. The molecule has 0 aliphatic carbocycles. The predicted molar refractivity (Wildman–Crippen MR) is 128 cm³/mol. The Kier molecular flexibility index (Phi) is 6.35. The molecule has 0 N–H and O–H groups in total. The third kappa shape index (κ3) is 4.57. The Hall–Kier alpha value is -2.70. The molecule has 0 aromatic heterocycles. The van der Waals surface area contributed by atoms with Crippen LogP contribution in [-0.4, -0.2) is 43.7 Å². The SMILES string of the molecule is Cc1ccc(S(=O)(=O)N2CCC(C(=O)N(C)Cc3ccc4ccccc4c3)CC2)c(C)c1. The lowest BCUT2D eigenvalue weighted by Crippen LogP contribution is -2.43. The van der Waals surface area contributed by atoms with E-state index >= 15 is 0 Å². The molecule has 5 nitrogen and oxygen atoms in total. The average Bonchev–Trinajstić information content (AvgIpc) is 2.78. The molecule has 1 amide bonds. The molecule has 32 heavy (non-hydrogen) atoms. The molecule has 0 spiro atoms. The third-order valence-corrected chi connectivity index (χ3v) is 8.42. The molecule has 6 heteroatoms. The largest absolute Gasteiger partial charge is 0.341 e. The van der Waals surface area contributed by atoms with Gasteiger partial charge in [-0.1, -0.05) is 54.1 Å². The highest BCUT2D eigenvalue weighted by molar-refractivity contribution is 7.89. The Morgan fingerprint density at radius 3 is 2.34 bits per heavy atom. The monoisotopic (exact) mass is 450 g/mol. The Morgan fingerprint density at radius 1 is 0.969 bits per heavy atom. The van der Waals surface area contributed by atoms with Gasteiger partial charge in [-0.3, -0.25) is 4.79 Å². The predicted octanol–water partition coefficient (Wildman–Crippen LogP) is 4.52. The van der Waals surface area contributed by atoms with Crippen LogP contribution in [0.2, 0.25) is 0 Å². The summed E-state index contributed by atoms with van der Waals surface area (Å²) in [7, 11) is -1.71. The zero-order valence-corrected chi connectivity index (χ0v) is 19.7. The quantitative estimate of drug-likeness (QED) is 0.574. The number of nitrogens with zero attached hydrogens (tertiary/aromatic N) is 2. The number of aryl methyl sites for hydroxylation is 2. The van der Waals surface area contributed by atoms with E-state index in [-0.39, 0.29) is 11.8 Å². The summed E-state index contributed by atoms with van der Waals surface area (Å²) in [6.45, 7) is 5.07. The Morgan fingerprint density at radius 2 is 1.66 bits per heavy atom. The van der Waals surface area contributed by atoms with Crippen molar-refractivity contribution in [3.05, 3.63) is 77.4 Å². The summed E-state index contributed by atoms with van der Waals surface area (Å²) in [5, 5.41) is 2.35. The van der Waals surface area contributed by atoms with Crippen molar-refractivity contribution in [1.82, 2.24) is 9.21 Å². The van der Waals surface area contributed by atoms with Crippen molar-refractivity contribution in [2.45, 2.75) is 38.1 Å². The van der Waals surface area contributed by atoms with Crippen LogP contribution < -0.4 is 0 Å². The molecule has 1 aliphatic rings. The molecule has 4 rings (SSSR count). The minimum Gasteiger partial charge on any atom is -0.341 e. The zero-order chi connectivity index (χ0) is 22.9. The number of hydrogen-bond donors (Lipinski definition) is 0. The van der Waals surface area contributed by atoms with Gasteiger partial charge in [0, 0.05) is 32.6 Å². The third-order valence-electron chi connectivity index (χ3n) is 6.36. The maximum absolute atomic E-state index is 13.1. The summed E-state index contributed by atoms with van der Waals surface area (Å²) in [6.07, 6.45) is 1.09. The number of carbonyl (C=O) groups excluding carboxylic acids is 1. The highest BCUT2D eigenvalue weighted by Gasteiger charge is 2.33. The fourth-order valence-electron chi connectivity index (χ4n) is 4.57. The molecule has 1 fully saturated rings. The Labute approximate surface area is 190 Å². The second-order valence-corrected chi connectivity index (χ2v) is 10.7. The van der Waals surface area contributed by atoms with Gasteiger partial charge in [0.1, 0.15) is 0 Å². The molecule has 0 saturated carbocycles. The molecular formula is C26H30N2O3S. The normalized spacial score (nSPS) is 15.7. The summed E-state index contributed by atoms with van der Waals surface area (Å²) in [5.41, 5.74) is 2.90. The topological polar surface area (TPSA) is 57.7 Å². The Balaban J connectivity index is 1.39. The minimum absolute atomic E-state index is 0.0849. The van der Waals surface area contributed by atoms with Crippen LogP contribution in [0.3, 0.4) is 0 Å². The smallest absolute Gasteiger partial charge is 0.243 e. The van der Waals surface area contributed by atoms with Gasteiger partial charge in [0.05, 0.1) is 4.90 Å². The zero-order valence-electron chi connectivity index (χ0n) is 18.9. The van der Waals surface area contributed by atoms with E-state index in [4.69, 9.17) is 0 Å². The van der Waals surface area contributed by atoms with Crippen molar-refractivity contribution in [3.8, 4) is 0 Å². The van der Waals surface area contributed by atoms with E-state index in [1.54, 1.807) is 11.0 Å². The first-order valence-corrected chi connectivity index (χ1v) is 12.5. The Bertz CT molecular complexity index is 1240. The van der Waals surface area contributed by atoms with E-state index in [0.717, 1.165) is 22.1 Å². The van der Waals surface area contributed by atoms with Gasteiger partial charge in [-0.25, -0.2) is 8.42 Å². The highest BCUT2D eigenvalue weighted by atomic mass is 32.2. The van der Waals surface area contributed by atoms with E-state index in [1.165, 1.54) is 9.69 Å². The van der Waals surface area contributed by atoms with Gasteiger partial charge in [0.15, 0.2) is 0 Å². The van der Waals surface area contributed by atoms with Crippen LogP contribution in [0.5, 0.6) is 0 Å². The summed E-state index contributed by atoms with van der Waals surface area (Å²) in [5.74, 6) is -0.0623. The average molecular weight is 451 g/mol. The molecule has 3 aromatic carbocycles. The van der Waals surface area contributed by atoms with Gasteiger partial charge < -0.3 is 4.90 Å². The maximum atomic E-state index is 13.1. The van der Waals surface area contributed by atoms with E-state index in [9.17, 15) is 13.2 Å². The van der Waals surface area contributed by atoms with Crippen molar-refractivity contribution >= 4 is 26.7 Å². The summed E-state index contributed by atoms with van der Waals surface area (Å²) in [6, 6.07) is 19.9. The van der Waals surface area contributed by atoms with Crippen molar-refractivity contribution in [2.75, 3.05) is 20.1 Å². The lowest BCUT2D eigenvalue weighted by Gasteiger charge is -2.33. The molecule has 3 aromatic rings. The standard InChI is InChI=1S/C26H30N2O3S/c1-19-8-11-25(20(2)16-19)32(30,31)28-14-12-23(13-15-28)26(29)27(3)18-21-9-10-22-6-4-5-7-24(22)17-21/h4-11,16-17,23H,12-15,18H2,1-3H3. The molecule has 0 bridgehead atoms. The van der Waals surface area contributed by atoms with Gasteiger partial charge in [0.25, 0.3) is 0 Å². The molecule has 168 valence electrons. The maximum Gasteiger partial charge on any atom is 0.243 e. The first-order valence-electron chi connectivity index (χ1n) is 11.1. The van der Waals surface area contributed by atoms with Gasteiger partial charge in [-0.15, -0.1) is 0 Å². The number of rotatable bonds is 5.